The Kier molecular flexibility index (Phi) is 7.96. The first-order valence-electron chi connectivity index (χ1n) is 9.72. The first kappa shape index (κ1) is 21.5. The van der Waals surface area contributed by atoms with Crippen LogP contribution in [0.3, 0.4) is 0 Å². The van der Waals surface area contributed by atoms with E-state index in [9.17, 15) is 9.90 Å². The van der Waals surface area contributed by atoms with Crippen molar-refractivity contribution in [1.29, 1.82) is 0 Å². The molecule has 2 aromatic rings. The number of nitrogens with zero attached hydrogens (tertiary/aromatic N) is 2. The number of hydrogen-bond donors (Lipinski definition) is 1. The first-order valence-corrected chi connectivity index (χ1v) is 10.6. The molecule has 0 saturated carbocycles. The molecule has 2 rings (SSSR count). The van der Waals surface area contributed by atoms with Gasteiger partial charge >= 0.3 is 5.97 Å². The largest absolute Gasteiger partial charge is 0.481 e. The van der Waals surface area contributed by atoms with Gasteiger partial charge in [-0.15, -0.1) is 0 Å². The highest BCUT2D eigenvalue weighted by Gasteiger charge is 2.41. The van der Waals surface area contributed by atoms with Crippen LogP contribution in [0.5, 0.6) is 0 Å². The summed E-state index contributed by atoms with van der Waals surface area (Å²) >= 11 is 3.54. The Morgan fingerprint density at radius 3 is 2.33 bits per heavy atom. The third-order valence-corrected chi connectivity index (χ3v) is 6.76. The van der Waals surface area contributed by atoms with E-state index in [4.69, 9.17) is 0 Å². The average molecular weight is 433 g/mol. The van der Waals surface area contributed by atoms with Crippen LogP contribution in [0.15, 0.2) is 36.7 Å². The Morgan fingerprint density at radius 1 is 1.11 bits per heavy atom. The van der Waals surface area contributed by atoms with Crippen LogP contribution < -0.4 is 0 Å². The summed E-state index contributed by atoms with van der Waals surface area (Å²) in [6.45, 7) is 5.95. The van der Waals surface area contributed by atoms with Gasteiger partial charge in [-0.25, -0.2) is 0 Å². The zero-order valence-corrected chi connectivity index (χ0v) is 18.0. The van der Waals surface area contributed by atoms with Gasteiger partial charge in [-0.1, -0.05) is 73.3 Å². The Balaban J connectivity index is 2.13. The van der Waals surface area contributed by atoms with E-state index in [1.54, 1.807) is 13.1 Å². The molecule has 0 aliphatic rings. The van der Waals surface area contributed by atoms with Gasteiger partial charge in [0.25, 0.3) is 0 Å². The molecule has 0 aliphatic carbocycles. The lowest BCUT2D eigenvalue weighted by atomic mass is 9.78. The van der Waals surface area contributed by atoms with E-state index in [1.165, 1.54) is 19.3 Å². The molecule has 27 heavy (non-hydrogen) atoms. The van der Waals surface area contributed by atoms with Gasteiger partial charge in [0.1, 0.15) is 5.41 Å². The van der Waals surface area contributed by atoms with Gasteiger partial charge in [0.15, 0.2) is 0 Å². The number of benzene rings is 1. The SMILES string of the molecule is CCCCCCc1cnc(-c2ccc(C(C)(C(=O)O)C(Br)CC)cc2)cn1. The number of aryl methyl sites for hydroxylation is 1. The van der Waals surface area contributed by atoms with Gasteiger partial charge in [-0.05, 0) is 31.7 Å². The Bertz CT molecular complexity index is 731. The number of rotatable bonds is 10. The molecule has 4 nitrogen and oxygen atoms in total. The molecule has 0 spiro atoms. The van der Waals surface area contributed by atoms with E-state index in [0.717, 1.165) is 41.8 Å². The molecule has 1 heterocycles. The second-order valence-electron chi connectivity index (χ2n) is 7.16. The van der Waals surface area contributed by atoms with Gasteiger partial charge in [0.05, 0.1) is 17.6 Å². The van der Waals surface area contributed by atoms with Crippen LogP contribution in [0.1, 0.15) is 64.1 Å². The van der Waals surface area contributed by atoms with Gasteiger partial charge < -0.3 is 5.11 Å². The van der Waals surface area contributed by atoms with E-state index in [0.29, 0.717) is 0 Å². The maximum absolute atomic E-state index is 11.9. The van der Waals surface area contributed by atoms with Crippen LogP contribution in [0.2, 0.25) is 0 Å². The van der Waals surface area contributed by atoms with E-state index >= 15 is 0 Å². The lowest BCUT2D eigenvalue weighted by Crippen LogP contribution is -2.40. The molecule has 1 aromatic heterocycles. The summed E-state index contributed by atoms with van der Waals surface area (Å²) in [6, 6.07) is 7.62. The van der Waals surface area contributed by atoms with Crippen LogP contribution >= 0.6 is 15.9 Å². The minimum absolute atomic E-state index is 0.139. The number of unbranched alkanes of at least 4 members (excludes halogenated alkanes) is 3. The Labute approximate surface area is 170 Å². The predicted octanol–water partition coefficient (Wildman–Crippen LogP) is 5.78. The summed E-state index contributed by atoms with van der Waals surface area (Å²) < 4.78 is 0. The number of halogens is 1. The lowest BCUT2D eigenvalue weighted by Gasteiger charge is -2.30. The minimum Gasteiger partial charge on any atom is -0.481 e. The third kappa shape index (κ3) is 5.16. The zero-order valence-electron chi connectivity index (χ0n) is 16.4. The number of carboxylic acid groups (broad SMARTS) is 1. The highest BCUT2D eigenvalue weighted by molar-refractivity contribution is 9.09. The fraction of sp³-hybridized carbons (Fsp3) is 0.500. The Hall–Kier alpha value is -1.75. The van der Waals surface area contributed by atoms with Crippen LogP contribution in [0.25, 0.3) is 11.3 Å². The van der Waals surface area contributed by atoms with E-state index in [1.807, 2.05) is 37.4 Å². The van der Waals surface area contributed by atoms with Gasteiger partial charge in [-0.2, -0.15) is 0 Å². The molecule has 1 N–H and O–H groups in total. The summed E-state index contributed by atoms with van der Waals surface area (Å²) in [5.41, 5.74) is 2.58. The van der Waals surface area contributed by atoms with Crippen molar-refractivity contribution in [1.82, 2.24) is 9.97 Å². The van der Waals surface area contributed by atoms with Crippen molar-refractivity contribution in [3.63, 3.8) is 0 Å². The van der Waals surface area contributed by atoms with E-state index in [-0.39, 0.29) is 4.83 Å². The van der Waals surface area contributed by atoms with Gasteiger partial charge in [0.2, 0.25) is 0 Å². The molecule has 0 bridgehead atoms. The van der Waals surface area contributed by atoms with Gasteiger partial charge in [-0.3, -0.25) is 14.8 Å². The Morgan fingerprint density at radius 2 is 1.81 bits per heavy atom. The van der Waals surface area contributed by atoms with Crippen molar-refractivity contribution < 1.29 is 9.90 Å². The zero-order chi connectivity index (χ0) is 19.9. The van der Waals surface area contributed by atoms with Crippen LogP contribution in [0.4, 0.5) is 0 Å². The van der Waals surface area contributed by atoms with Crippen molar-refractivity contribution >= 4 is 21.9 Å². The third-order valence-electron chi connectivity index (χ3n) is 5.20. The maximum atomic E-state index is 11.9. The summed E-state index contributed by atoms with van der Waals surface area (Å²) in [7, 11) is 0. The standard InChI is InChI=1S/C22H29BrN2O2/c1-4-6-7-8-9-18-14-25-19(15-24-18)16-10-12-17(13-11-16)22(3,21(26)27)20(23)5-2/h10-15,20H,4-9H2,1-3H3,(H,26,27). The topological polar surface area (TPSA) is 63.1 Å². The summed E-state index contributed by atoms with van der Waals surface area (Å²) in [5, 5.41) is 9.76. The monoisotopic (exact) mass is 432 g/mol. The summed E-state index contributed by atoms with van der Waals surface area (Å²) in [4.78, 5) is 20.8. The molecule has 0 amide bonds. The molecule has 5 heteroatoms. The molecule has 0 aliphatic heterocycles. The predicted molar refractivity (Wildman–Crippen MR) is 113 cm³/mol. The second-order valence-corrected chi connectivity index (χ2v) is 8.27. The fourth-order valence-corrected chi connectivity index (χ4v) is 3.66. The fourth-order valence-electron chi connectivity index (χ4n) is 3.20. The van der Waals surface area contributed by atoms with Crippen molar-refractivity contribution in [3.8, 4) is 11.3 Å². The van der Waals surface area contributed by atoms with Crippen molar-refractivity contribution in [3.05, 3.63) is 47.9 Å². The van der Waals surface area contributed by atoms with Crippen molar-refractivity contribution in [2.45, 2.75) is 69.5 Å². The van der Waals surface area contributed by atoms with Crippen molar-refractivity contribution in [2.24, 2.45) is 0 Å². The van der Waals surface area contributed by atoms with Crippen LogP contribution in [-0.2, 0) is 16.6 Å². The molecular formula is C22H29BrN2O2. The lowest BCUT2D eigenvalue weighted by molar-refractivity contribution is -0.143. The highest BCUT2D eigenvalue weighted by atomic mass is 79.9. The maximum Gasteiger partial charge on any atom is 0.314 e. The van der Waals surface area contributed by atoms with Gasteiger partial charge in [0, 0.05) is 16.6 Å². The number of alkyl halides is 1. The molecule has 0 fully saturated rings. The van der Waals surface area contributed by atoms with Crippen LogP contribution in [0, 0.1) is 0 Å². The highest BCUT2D eigenvalue weighted by Crippen LogP contribution is 2.35. The quantitative estimate of drug-likeness (QED) is 0.381. The van der Waals surface area contributed by atoms with E-state index < -0.39 is 11.4 Å². The summed E-state index contributed by atoms with van der Waals surface area (Å²) in [5.74, 6) is -0.828. The molecule has 2 unspecified atom stereocenters. The molecule has 2 atom stereocenters. The van der Waals surface area contributed by atoms with E-state index in [2.05, 4.69) is 32.8 Å². The van der Waals surface area contributed by atoms with Crippen LogP contribution in [-0.4, -0.2) is 25.9 Å². The molecule has 0 radical (unpaired) electrons. The molecule has 0 saturated heterocycles. The first-order chi connectivity index (χ1) is 12.9. The molecular weight excluding hydrogens is 404 g/mol. The average Bonchev–Trinajstić information content (AvgIpc) is 2.70. The van der Waals surface area contributed by atoms with Crippen molar-refractivity contribution in [2.75, 3.05) is 0 Å². The summed E-state index contributed by atoms with van der Waals surface area (Å²) in [6.07, 6.45) is 10.2. The normalized spacial score (nSPS) is 14.5. The number of aliphatic carboxylic acids is 1. The molecule has 1 aromatic carbocycles. The minimum atomic E-state index is -0.971. The number of carbonyl (C=O) groups is 1. The smallest absolute Gasteiger partial charge is 0.314 e. The number of carboxylic acids is 1. The second kappa shape index (κ2) is 9.98. The molecule has 146 valence electrons. The number of aromatic nitrogens is 2. The number of hydrogen-bond acceptors (Lipinski definition) is 3.